The Balaban J connectivity index is 1.67. The number of aromatic hydroxyl groups is 1. The highest BCUT2D eigenvalue weighted by atomic mass is 16.3. The number of carbonyl (C=O) groups excluding carboxylic acids is 3. The van der Waals surface area contributed by atoms with Gasteiger partial charge in [0, 0.05) is 11.5 Å². The summed E-state index contributed by atoms with van der Waals surface area (Å²) in [6.07, 6.45) is 9.11. The maximum atomic E-state index is 13.9. The molecule has 0 aliphatic heterocycles. The van der Waals surface area contributed by atoms with E-state index in [1.807, 2.05) is 25.2 Å². The molecule has 1 saturated carbocycles. The third-order valence-corrected chi connectivity index (χ3v) is 8.32. The summed E-state index contributed by atoms with van der Waals surface area (Å²) in [4.78, 5) is 40.6. The first-order valence-electron chi connectivity index (χ1n) is 12.4. The number of amides is 1. The van der Waals surface area contributed by atoms with Crippen LogP contribution in [0.15, 0.2) is 58.4 Å². The lowest BCUT2D eigenvalue weighted by molar-refractivity contribution is -0.153. The number of nitrogens with two attached hydrogens (primary N) is 1. The molecule has 0 bridgehead atoms. The summed E-state index contributed by atoms with van der Waals surface area (Å²) in [6, 6.07) is 2.06. The molecular formula is C29H30N2O7. The highest BCUT2D eigenvalue weighted by Crippen LogP contribution is 2.53. The average molecular weight is 519 g/mol. The van der Waals surface area contributed by atoms with E-state index in [1.165, 1.54) is 11.0 Å². The van der Waals surface area contributed by atoms with Crippen molar-refractivity contribution in [2.75, 3.05) is 14.1 Å². The Morgan fingerprint density at radius 1 is 1.16 bits per heavy atom. The zero-order valence-corrected chi connectivity index (χ0v) is 21.4. The van der Waals surface area contributed by atoms with Gasteiger partial charge < -0.3 is 26.2 Å². The second-order valence-corrected chi connectivity index (χ2v) is 10.6. The lowest BCUT2D eigenvalue weighted by Gasteiger charge is -2.50. The molecule has 4 atom stereocenters. The molecule has 1 aromatic rings. The third kappa shape index (κ3) is 3.49. The Kier molecular flexibility index (Phi) is 5.96. The van der Waals surface area contributed by atoms with Gasteiger partial charge in [-0.3, -0.25) is 19.3 Å². The Morgan fingerprint density at radius 3 is 2.47 bits per heavy atom. The summed E-state index contributed by atoms with van der Waals surface area (Å²) in [5, 5.41) is 44.6. The largest absolute Gasteiger partial charge is 0.508 e. The number of primary amides is 1. The van der Waals surface area contributed by atoms with Crippen LogP contribution in [0.4, 0.5) is 0 Å². The van der Waals surface area contributed by atoms with Crippen molar-refractivity contribution in [1.29, 1.82) is 0 Å². The normalized spacial score (nSPS) is 28.9. The van der Waals surface area contributed by atoms with Crippen molar-refractivity contribution in [3.8, 4) is 5.75 Å². The van der Waals surface area contributed by atoms with Crippen molar-refractivity contribution in [2.45, 2.75) is 37.8 Å². The number of likely N-dealkylation sites (N-methyl/N-ethyl adjacent to an activating group) is 1. The summed E-state index contributed by atoms with van der Waals surface area (Å²) >= 11 is 0. The van der Waals surface area contributed by atoms with Gasteiger partial charge >= 0.3 is 0 Å². The second kappa shape index (κ2) is 8.82. The van der Waals surface area contributed by atoms with Gasteiger partial charge in [-0.1, -0.05) is 30.4 Å². The van der Waals surface area contributed by atoms with E-state index in [2.05, 4.69) is 6.08 Å². The smallest absolute Gasteiger partial charge is 0.255 e. The number of Topliss-reactive ketones (excluding diaryl/α,β-unsaturated/α-hetero) is 2. The number of nitrogens with zero attached hydrogens (tertiary/aromatic N) is 1. The fraction of sp³-hybridized carbons (Fsp3) is 0.345. The number of phenolic OH excluding ortho intramolecular Hbond substituents is 1. The quantitative estimate of drug-likeness (QED) is 0.379. The molecule has 9 heteroatoms. The van der Waals surface area contributed by atoms with Gasteiger partial charge in [-0.25, -0.2) is 0 Å². The van der Waals surface area contributed by atoms with Crippen LogP contribution in [0.3, 0.4) is 0 Å². The zero-order chi connectivity index (χ0) is 27.7. The van der Waals surface area contributed by atoms with E-state index in [4.69, 9.17) is 5.73 Å². The summed E-state index contributed by atoms with van der Waals surface area (Å²) in [7, 11) is 3.14. The Bertz CT molecular complexity index is 1460. The van der Waals surface area contributed by atoms with Crippen LogP contribution in [-0.2, 0) is 20.8 Å². The van der Waals surface area contributed by atoms with Crippen LogP contribution >= 0.6 is 0 Å². The molecule has 6 N–H and O–H groups in total. The lowest BCUT2D eigenvalue weighted by atomic mass is 9.57. The van der Waals surface area contributed by atoms with Gasteiger partial charge in [-0.05, 0) is 74.5 Å². The second-order valence-electron chi connectivity index (χ2n) is 10.6. The number of aliphatic hydroxyl groups is 3. The number of aliphatic hydroxyl groups excluding tert-OH is 2. The molecule has 38 heavy (non-hydrogen) atoms. The number of phenols is 1. The van der Waals surface area contributed by atoms with Crippen molar-refractivity contribution in [3.63, 3.8) is 0 Å². The summed E-state index contributed by atoms with van der Waals surface area (Å²) in [5.74, 6) is -6.58. The molecule has 198 valence electrons. The van der Waals surface area contributed by atoms with Crippen LogP contribution < -0.4 is 5.73 Å². The average Bonchev–Trinajstić information content (AvgIpc) is 3.25. The highest BCUT2D eigenvalue weighted by molar-refractivity contribution is 6.24. The van der Waals surface area contributed by atoms with Crippen LogP contribution in [0.2, 0.25) is 0 Å². The van der Waals surface area contributed by atoms with E-state index >= 15 is 0 Å². The fourth-order valence-electron chi connectivity index (χ4n) is 6.44. The van der Waals surface area contributed by atoms with Crippen molar-refractivity contribution in [1.82, 2.24) is 4.90 Å². The van der Waals surface area contributed by atoms with E-state index in [0.717, 1.165) is 23.1 Å². The Hall–Kier alpha value is -3.95. The molecule has 1 aromatic carbocycles. The standard InChI is InChI=1S/C29H30N2O7/c1-13-5-4-6-14(13)7-8-15-9-10-19(32)21-17(15)11-16-12-18-23(31(2)3)25(34)22(28(30)37)27(36)29(18,38)26(35)20(16)24(21)33/h4-5,7-10,16,18,23,32-33,36,38H,6,11-12H2,1-3H3,(H2,30,37)/b8-7+/t16-,18-,23-,29-/m0/s1. The number of fused-ring (bicyclic) bond motifs is 3. The molecule has 0 aromatic heterocycles. The Morgan fingerprint density at radius 2 is 1.87 bits per heavy atom. The van der Waals surface area contributed by atoms with E-state index in [1.54, 1.807) is 20.2 Å². The maximum absolute atomic E-state index is 13.9. The van der Waals surface area contributed by atoms with Crippen LogP contribution in [0.25, 0.3) is 11.8 Å². The van der Waals surface area contributed by atoms with E-state index in [9.17, 15) is 34.8 Å². The maximum Gasteiger partial charge on any atom is 0.255 e. The Labute approximate surface area is 219 Å². The molecule has 1 fully saturated rings. The van der Waals surface area contributed by atoms with Gasteiger partial charge in [-0.2, -0.15) is 0 Å². The van der Waals surface area contributed by atoms with Crippen molar-refractivity contribution < 1.29 is 34.8 Å². The highest BCUT2D eigenvalue weighted by Gasteiger charge is 2.64. The lowest BCUT2D eigenvalue weighted by Crippen LogP contribution is -2.65. The molecule has 4 aliphatic rings. The van der Waals surface area contributed by atoms with Gasteiger partial charge in [0.25, 0.3) is 5.91 Å². The van der Waals surface area contributed by atoms with E-state index < -0.39 is 58.0 Å². The topological polar surface area (TPSA) is 161 Å². The SMILES string of the molecule is CC1=C(/C=C/c2ccc(O)c3c2C[C@H]2C[C@H]4[C@H](N(C)C)C(=O)C(C(N)=O)=C(O)[C@@]4(O)C(=O)C2=C3O)CC=C1. The number of allylic oxidation sites excluding steroid dienone is 5. The van der Waals surface area contributed by atoms with Crippen molar-refractivity contribution in [3.05, 3.63) is 75.1 Å². The first-order valence-corrected chi connectivity index (χ1v) is 12.4. The number of ketones is 2. The molecular weight excluding hydrogens is 488 g/mol. The van der Waals surface area contributed by atoms with Gasteiger partial charge in [0.1, 0.15) is 22.8 Å². The molecule has 0 unspecified atom stereocenters. The van der Waals surface area contributed by atoms with Crippen molar-refractivity contribution in [2.24, 2.45) is 17.6 Å². The van der Waals surface area contributed by atoms with Crippen LogP contribution in [-0.4, -0.2) is 68.5 Å². The molecule has 0 heterocycles. The summed E-state index contributed by atoms with van der Waals surface area (Å²) < 4.78 is 0. The molecule has 0 saturated heterocycles. The molecule has 9 nitrogen and oxygen atoms in total. The fourth-order valence-corrected chi connectivity index (χ4v) is 6.44. The van der Waals surface area contributed by atoms with Gasteiger partial charge in [0.05, 0.1) is 11.6 Å². The molecule has 5 rings (SSSR count). The van der Waals surface area contributed by atoms with Gasteiger partial charge in [0.2, 0.25) is 5.78 Å². The van der Waals surface area contributed by atoms with Gasteiger partial charge in [-0.15, -0.1) is 0 Å². The number of carbonyl (C=O) groups is 3. The predicted molar refractivity (Wildman–Crippen MR) is 140 cm³/mol. The number of hydrogen-bond acceptors (Lipinski definition) is 8. The third-order valence-electron chi connectivity index (χ3n) is 8.32. The molecule has 0 radical (unpaired) electrons. The van der Waals surface area contributed by atoms with E-state index in [0.29, 0.717) is 5.56 Å². The first kappa shape index (κ1) is 25.7. The molecule has 1 amide bonds. The minimum absolute atomic E-state index is 0.0543. The number of benzene rings is 1. The number of rotatable bonds is 4. The minimum atomic E-state index is -2.64. The zero-order valence-electron chi connectivity index (χ0n) is 21.4. The number of hydrogen-bond donors (Lipinski definition) is 5. The van der Waals surface area contributed by atoms with Crippen LogP contribution in [0.5, 0.6) is 5.75 Å². The van der Waals surface area contributed by atoms with E-state index in [-0.39, 0.29) is 29.7 Å². The van der Waals surface area contributed by atoms with Gasteiger partial charge in [0.15, 0.2) is 11.4 Å². The minimum Gasteiger partial charge on any atom is -0.508 e. The van der Waals surface area contributed by atoms with Crippen LogP contribution in [0, 0.1) is 11.8 Å². The van der Waals surface area contributed by atoms with Crippen LogP contribution in [0.1, 0.15) is 36.5 Å². The predicted octanol–water partition coefficient (Wildman–Crippen LogP) is 2.25. The monoisotopic (exact) mass is 518 g/mol. The summed E-state index contributed by atoms with van der Waals surface area (Å²) in [5.41, 5.74) is 5.49. The molecule has 0 spiro atoms. The summed E-state index contributed by atoms with van der Waals surface area (Å²) in [6.45, 7) is 2.02. The van der Waals surface area contributed by atoms with Crippen molar-refractivity contribution >= 4 is 29.3 Å². The first-order chi connectivity index (χ1) is 17.9. The molecule has 4 aliphatic carbocycles.